The molecule has 0 aliphatic carbocycles. The van der Waals surface area contributed by atoms with E-state index in [-0.39, 0.29) is 25.3 Å². The maximum atomic E-state index is 13.9. The van der Waals surface area contributed by atoms with Crippen LogP contribution in [-0.4, -0.2) is 35.8 Å². The Labute approximate surface area is 169 Å². The minimum Gasteiger partial charge on any atom is -0.447 e. The molecule has 0 bridgehead atoms. The Morgan fingerprint density at radius 3 is 2.48 bits per heavy atom. The lowest BCUT2D eigenvalue weighted by molar-refractivity contribution is -0.134. The fourth-order valence-corrected chi connectivity index (χ4v) is 3.79. The molecule has 152 valence electrons. The number of imide groups is 1. The van der Waals surface area contributed by atoms with Crippen molar-refractivity contribution in [2.75, 3.05) is 6.61 Å². The first-order valence-electron chi connectivity index (χ1n) is 9.63. The Balaban J connectivity index is 1.81. The highest BCUT2D eigenvalue weighted by atomic mass is 19.1. The first-order valence-corrected chi connectivity index (χ1v) is 9.63. The largest absolute Gasteiger partial charge is 0.447 e. The van der Waals surface area contributed by atoms with Crippen LogP contribution < -0.4 is 0 Å². The number of halogens is 1. The molecule has 2 atom stereocenters. The van der Waals surface area contributed by atoms with Gasteiger partial charge >= 0.3 is 6.09 Å². The topological polar surface area (TPSA) is 63.7 Å². The SMILES string of the molecule is Cc1cc(C[C@H](CC=O)C(=O)N2C(=O)OC[C@H]2Cc2ccccc2)cc(C)c1F. The van der Waals surface area contributed by atoms with Crippen LogP contribution in [-0.2, 0) is 27.2 Å². The number of carbonyl (C=O) groups excluding carboxylic acids is 3. The number of cyclic esters (lactones) is 1. The summed E-state index contributed by atoms with van der Waals surface area (Å²) in [5.41, 5.74) is 2.72. The van der Waals surface area contributed by atoms with Gasteiger partial charge in [-0.3, -0.25) is 4.79 Å². The number of nitrogens with zero attached hydrogens (tertiary/aromatic N) is 1. The highest BCUT2D eigenvalue weighted by Gasteiger charge is 2.40. The second kappa shape index (κ2) is 8.99. The number of carbonyl (C=O) groups is 3. The molecule has 0 saturated carbocycles. The summed E-state index contributed by atoms with van der Waals surface area (Å²) >= 11 is 0. The molecule has 0 aromatic heterocycles. The number of amides is 2. The molecule has 1 saturated heterocycles. The molecule has 29 heavy (non-hydrogen) atoms. The van der Waals surface area contributed by atoms with Gasteiger partial charge in [-0.2, -0.15) is 0 Å². The standard InChI is InChI=1S/C23H24FNO4/c1-15-10-18(11-16(2)21(15)24)12-19(8-9-26)22(27)25-20(14-29-23(25)28)13-17-6-4-3-5-7-17/h3-7,9-11,19-20H,8,12-14H2,1-2H3/t19-,20+/m0/s1. The summed E-state index contributed by atoms with van der Waals surface area (Å²) in [6.45, 7) is 3.45. The number of hydrogen-bond acceptors (Lipinski definition) is 4. The molecule has 1 heterocycles. The lowest BCUT2D eigenvalue weighted by Gasteiger charge is -2.24. The van der Waals surface area contributed by atoms with Gasteiger partial charge in [-0.05, 0) is 48.9 Å². The summed E-state index contributed by atoms with van der Waals surface area (Å²) in [4.78, 5) is 37.8. The average molecular weight is 397 g/mol. The van der Waals surface area contributed by atoms with Crippen molar-refractivity contribution in [1.29, 1.82) is 0 Å². The number of benzene rings is 2. The van der Waals surface area contributed by atoms with Gasteiger partial charge in [-0.1, -0.05) is 42.5 Å². The molecule has 0 unspecified atom stereocenters. The van der Waals surface area contributed by atoms with Gasteiger partial charge in [-0.25, -0.2) is 14.1 Å². The van der Waals surface area contributed by atoms with Crippen LogP contribution in [0.3, 0.4) is 0 Å². The van der Waals surface area contributed by atoms with Crippen LogP contribution in [0, 0.1) is 25.6 Å². The number of aryl methyl sites for hydroxylation is 2. The van der Waals surface area contributed by atoms with Crippen molar-refractivity contribution in [1.82, 2.24) is 4.90 Å². The van der Waals surface area contributed by atoms with Crippen LogP contribution in [0.5, 0.6) is 0 Å². The zero-order valence-corrected chi connectivity index (χ0v) is 16.6. The van der Waals surface area contributed by atoms with Gasteiger partial charge in [0.1, 0.15) is 18.7 Å². The van der Waals surface area contributed by atoms with Crippen LogP contribution in [0.1, 0.15) is 28.7 Å². The summed E-state index contributed by atoms with van der Waals surface area (Å²) < 4.78 is 19.0. The molecular formula is C23H24FNO4. The molecule has 3 rings (SSSR count). The highest BCUT2D eigenvalue weighted by Crippen LogP contribution is 2.24. The lowest BCUT2D eigenvalue weighted by atomic mass is 9.92. The third-order valence-electron chi connectivity index (χ3n) is 5.22. The molecule has 2 aromatic rings. The molecule has 0 spiro atoms. The minimum absolute atomic E-state index is 0.0177. The molecule has 1 fully saturated rings. The number of rotatable bonds is 7. The van der Waals surface area contributed by atoms with E-state index in [4.69, 9.17) is 4.74 Å². The Kier molecular flexibility index (Phi) is 6.42. The van der Waals surface area contributed by atoms with Crippen LogP contribution in [0.2, 0.25) is 0 Å². The highest BCUT2D eigenvalue weighted by molar-refractivity contribution is 5.95. The molecule has 0 radical (unpaired) electrons. The van der Waals surface area contributed by atoms with E-state index >= 15 is 0 Å². The molecule has 0 N–H and O–H groups in total. The fourth-order valence-electron chi connectivity index (χ4n) is 3.79. The van der Waals surface area contributed by atoms with E-state index in [0.717, 1.165) is 16.0 Å². The van der Waals surface area contributed by atoms with E-state index in [1.807, 2.05) is 30.3 Å². The first kappa shape index (κ1) is 20.7. The van der Waals surface area contributed by atoms with E-state index in [0.29, 0.717) is 23.8 Å². The molecule has 1 aliphatic heterocycles. The quantitative estimate of drug-likeness (QED) is 0.667. The zero-order chi connectivity index (χ0) is 21.0. The maximum Gasteiger partial charge on any atom is 0.416 e. The van der Waals surface area contributed by atoms with E-state index in [1.54, 1.807) is 26.0 Å². The Bertz CT molecular complexity index is 889. The molecule has 5 nitrogen and oxygen atoms in total. The second-order valence-corrected chi connectivity index (χ2v) is 7.48. The summed E-state index contributed by atoms with van der Waals surface area (Å²) in [7, 11) is 0. The van der Waals surface area contributed by atoms with Crippen molar-refractivity contribution in [3.05, 3.63) is 70.5 Å². The third kappa shape index (κ3) is 4.70. The molecule has 1 aliphatic rings. The number of aldehydes is 1. The molecule has 2 aromatic carbocycles. The summed E-state index contributed by atoms with van der Waals surface area (Å²) in [5.74, 6) is -1.42. The van der Waals surface area contributed by atoms with Gasteiger partial charge in [0.2, 0.25) is 5.91 Å². The summed E-state index contributed by atoms with van der Waals surface area (Å²) in [5, 5.41) is 0. The van der Waals surface area contributed by atoms with Crippen molar-refractivity contribution >= 4 is 18.3 Å². The predicted octanol–water partition coefficient (Wildman–Crippen LogP) is 3.78. The molecule has 2 amide bonds. The minimum atomic E-state index is -0.708. The van der Waals surface area contributed by atoms with Crippen molar-refractivity contribution in [3.63, 3.8) is 0 Å². The van der Waals surface area contributed by atoms with Gasteiger partial charge < -0.3 is 9.53 Å². The lowest BCUT2D eigenvalue weighted by Crippen LogP contribution is -2.44. The van der Waals surface area contributed by atoms with Crippen molar-refractivity contribution in [2.45, 2.75) is 39.2 Å². The zero-order valence-electron chi connectivity index (χ0n) is 16.6. The van der Waals surface area contributed by atoms with Gasteiger partial charge in [0.25, 0.3) is 0 Å². The van der Waals surface area contributed by atoms with E-state index < -0.39 is 24.0 Å². The predicted molar refractivity (Wildman–Crippen MR) is 106 cm³/mol. The molecular weight excluding hydrogens is 373 g/mol. The van der Waals surface area contributed by atoms with Crippen LogP contribution >= 0.6 is 0 Å². The van der Waals surface area contributed by atoms with Gasteiger partial charge in [-0.15, -0.1) is 0 Å². The Morgan fingerprint density at radius 1 is 1.21 bits per heavy atom. The Morgan fingerprint density at radius 2 is 1.86 bits per heavy atom. The van der Waals surface area contributed by atoms with E-state index in [1.165, 1.54) is 0 Å². The van der Waals surface area contributed by atoms with Crippen molar-refractivity contribution in [2.24, 2.45) is 5.92 Å². The van der Waals surface area contributed by atoms with Crippen LogP contribution in [0.15, 0.2) is 42.5 Å². The van der Waals surface area contributed by atoms with Gasteiger partial charge in [0.05, 0.1) is 6.04 Å². The van der Waals surface area contributed by atoms with E-state index in [2.05, 4.69) is 0 Å². The Hall–Kier alpha value is -3.02. The number of hydrogen-bond donors (Lipinski definition) is 0. The first-order chi connectivity index (χ1) is 13.9. The monoisotopic (exact) mass is 397 g/mol. The van der Waals surface area contributed by atoms with Crippen molar-refractivity contribution in [3.8, 4) is 0 Å². The molecule has 6 heteroatoms. The average Bonchev–Trinajstić information content (AvgIpc) is 3.06. The van der Waals surface area contributed by atoms with Crippen LogP contribution in [0.4, 0.5) is 9.18 Å². The van der Waals surface area contributed by atoms with Crippen molar-refractivity contribution < 1.29 is 23.5 Å². The second-order valence-electron chi connectivity index (χ2n) is 7.48. The fraction of sp³-hybridized carbons (Fsp3) is 0.348. The van der Waals surface area contributed by atoms with Crippen LogP contribution in [0.25, 0.3) is 0 Å². The van der Waals surface area contributed by atoms with Gasteiger partial charge in [0, 0.05) is 12.3 Å². The maximum absolute atomic E-state index is 13.9. The third-order valence-corrected chi connectivity index (χ3v) is 5.22. The number of ether oxygens (including phenoxy) is 1. The smallest absolute Gasteiger partial charge is 0.416 e. The summed E-state index contributed by atoms with van der Waals surface area (Å²) in [6.07, 6.45) is 0.718. The van der Waals surface area contributed by atoms with E-state index in [9.17, 15) is 18.8 Å². The van der Waals surface area contributed by atoms with Gasteiger partial charge in [0.15, 0.2) is 0 Å². The normalized spacial score (nSPS) is 17.1. The summed E-state index contributed by atoms with van der Waals surface area (Å²) in [6, 6.07) is 12.5.